The van der Waals surface area contributed by atoms with Crippen molar-refractivity contribution in [2.75, 3.05) is 0 Å². The van der Waals surface area contributed by atoms with Gasteiger partial charge in [-0.05, 0) is 29.6 Å². The molecule has 0 saturated heterocycles. The van der Waals surface area contributed by atoms with Crippen LogP contribution in [-0.4, -0.2) is 24.5 Å². The molecule has 0 radical (unpaired) electrons. The van der Waals surface area contributed by atoms with E-state index in [-0.39, 0.29) is 52.7 Å². The summed E-state index contributed by atoms with van der Waals surface area (Å²) in [5.41, 5.74) is 6.90. The second kappa shape index (κ2) is 16.3. The van der Waals surface area contributed by atoms with Crippen LogP contribution in [0.2, 0.25) is 0 Å². The van der Waals surface area contributed by atoms with Gasteiger partial charge in [-0.3, -0.25) is 0 Å². The first-order valence-corrected chi connectivity index (χ1v) is 16.9. The molecule has 0 fully saturated rings. The molecule has 0 atom stereocenters. The molecule has 0 aliphatic rings. The Hall–Kier alpha value is -5.02. The number of fused-ring (bicyclic) bond motifs is 3. The summed E-state index contributed by atoms with van der Waals surface area (Å²) in [6.45, 7) is 8.62. The van der Waals surface area contributed by atoms with E-state index in [0.717, 1.165) is 55.4 Å². The van der Waals surface area contributed by atoms with E-state index in [2.05, 4.69) is 84.0 Å². The zero-order valence-electron chi connectivity index (χ0n) is 29.3. The van der Waals surface area contributed by atoms with Gasteiger partial charge >= 0.3 is 40.8 Å². The molecule has 0 bridgehead atoms. The number of hydrogen-bond donors (Lipinski definition) is 0. The smallest absolute Gasteiger partial charge is 0.503 e. The summed E-state index contributed by atoms with van der Waals surface area (Å²) >= 11 is 0. The van der Waals surface area contributed by atoms with Crippen LogP contribution in [0.1, 0.15) is 50.7 Å². The minimum Gasteiger partial charge on any atom is -0.503 e. The maximum atomic E-state index is 6.60. The molecule has 8 aromatic rings. The predicted octanol–water partition coefficient (Wildman–Crippen LogP) is 10.7. The van der Waals surface area contributed by atoms with E-state index in [0.29, 0.717) is 28.9 Å². The van der Waals surface area contributed by atoms with Gasteiger partial charge in [0.2, 0.25) is 5.95 Å². The maximum Gasteiger partial charge on any atom is 2.00 e. The Labute approximate surface area is 336 Å². The molecule has 4 aromatic carbocycles. The molecule has 0 unspecified atom stereocenters. The van der Waals surface area contributed by atoms with Crippen molar-refractivity contribution in [3.8, 4) is 51.5 Å². The molecule has 53 heavy (non-hydrogen) atoms. The van der Waals surface area contributed by atoms with Crippen LogP contribution in [0.3, 0.4) is 0 Å². The number of hydrogen-bond acceptors (Lipinski definition) is 6. The Kier molecular flexibility index (Phi) is 11.6. The first-order chi connectivity index (χ1) is 24.9. The third kappa shape index (κ3) is 7.72. The largest absolute Gasteiger partial charge is 2.00 e. The van der Waals surface area contributed by atoms with Gasteiger partial charge in [-0.1, -0.05) is 87.0 Å². The normalized spacial score (nSPS) is 11.1. The van der Waals surface area contributed by atoms with Crippen LogP contribution in [-0.2, 0) is 40.8 Å². The van der Waals surface area contributed by atoms with Gasteiger partial charge in [-0.2, -0.15) is 22.9 Å². The summed E-state index contributed by atoms with van der Waals surface area (Å²) in [5, 5.41) is 1.99. The topological polar surface area (TPSA) is 75.0 Å². The molecule has 0 N–H and O–H groups in total. The first-order valence-electron chi connectivity index (χ1n) is 16.9. The van der Waals surface area contributed by atoms with E-state index in [9.17, 15) is 0 Å². The van der Waals surface area contributed by atoms with Crippen LogP contribution < -0.4 is 9.47 Å². The van der Waals surface area contributed by atoms with Gasteiger partial charge in [0.1, 0.15) is 0 Å². The molecular weight excluding hydrogens is 843 g/mol. The summed E-state index contributed by atoms with van der Waals surface area (Å²) < 4.78 is 15.2. The first kappa shape index (κ1) is 37.7. The zero-order chi connectivity index (χ0) is 34.9. The average molecular weight is 877 g/mol. The van der Waals surface area contributed by atoms with Crippen LogP contribution in [0.15, 0.2) is 116 Å². The molecule has 4 heterocycles. The molecule has 266 valence electrons. The number of pyridine rings is 2. The minimum absolute atomic E-state index is 0. The Morgan fingerprint density at radius 2 is 0.962 bits per heavy atom. The van der Waals surface area contributed by atoms with Gasteiger partial charge in [-0.15, -0.1) is 70.8 Å². The third-order valence-electron chi connectivity index (χ3n) is 8.67. The molecule has 0 saturated carbocycles. The Bertz CT molecular complexity index is 2330. The second-order valence-electron chi connectivity index (χ2n) is 12.8. The van der Waals surface area contributed by atoms with Crippen molar-refractivity contribution in [3.05, 3.63) is 151 Å². The number of nitrogens with zero attached hydrogens (tertiary/aromatic N) is 5. The summed E-state index contributed by atoms with van der Waals surface area (Å²) in [4.78, 5) is 18.3. The number of aromatic nitrogens is 5. The fraction of sp³-hybridized carbons (Fsp3) is 0.136. The van der Waals surface area contributed by atoms with E-state index >= 15 is 0 Å². The molecular formula is C44H33N5O2Pd2. The Morgan fingerprint density at radius 3 is 1.38 bits per heavy atom. The molecule has 8 rings (SSSR count). The molecule has 0 spiro atoms. The van der Waals surface area contributed by atoms with E-state index in [4.69, 9.17) is 9.47 Å². The Balaban J connectivity index is 0.00000240. The van der Waals surface area contributed by atoms with Crippen LogP contribution >= 0.6 is 0 Å². The fourth-order valence-electron chi connectivity index (χ4n) is 6.16. The van der Waals surface area contributed by atoms with Crippen molar-refractivity contribution >= 4 is 21.8 Å². The SMILES string of the molecule is CC(C)c1cc2c3cc(C(C)C)c(Oc4[c-]c(-c5ccccn5)ccc4)[c-]c3n(-c3ncccn3)c2[c-]c1Oc1[c-]c(-c2ccccn2)ccc1.[Pd+2].[Pd+2]. The van der Waals surface area contributed by atoms with E-state index < -0.39 is 0 Å². The van der Waals surface area contributed by atoms with Crippen LogP contribution in [0.25, 0.3) is 50.3 Å². The van der Waals surface area contributed by atoms with Gasteiger partial charge in [-0.25, -0.2) is 9.97 Å². The van der Waals surface area contributed by atoms with Gasteiger partial charge < -0.3 is 24.0 Å². The molecule has 0 amide bonds. The van der Waals surface area contributed by atoms with Gasteiger partial charge in [0, 0.05) is 47.8 Å². The summed E-state index contributed by atoms with van der Waals surface area (Å²) in [6, 6.07) is 43.5. The van der Waals surface area contributed by atoms with Crippen molar-refractivity contribution < 1.29 is 50.3 Å². The van der Waals surface area contributed by atoms with Gasteiger partial charge in [0.25, 0.3) is 0 Å². The van der Waals surface area contributed by atoms with E-state index in [1.807, 2.05) is 77.4 Å². The van der Waals surface area contributed by atoms with Crippen molar-refractivity contribution in [1.82, 2.24) is 24.5 Å². The molecule has 0 aliphatic carbocycles. The third-order valence-corrected chi connectivity index (χ3v) is 8.67. The fourth-order valence-corrected chi connectivity index (χ4v) is 6.16. The molecule has 9 heteroatoms. The summed E-state index contributed by atoms with van der Waals surface area (Å²) in [6.07, 6.45) is 7.01. The second-order valence-corrected chi connectivity index (χ2v) is 12.8. The number of ether oxygens (including phenoxy) is 2. The standard InChI is InChI=1S/C44H33N5O2.2Pd/c1-28(2)34-24-36-37-25-35(29(3)4)43(51-33-15-10-13-31(23-33)39-17-6-8-19-46-39)27-41(37)49(44-47-20-11-21-48-44)40(36)26-42(34)50-32-14-9-12-30(22-32)38-16-5-7-18-45-38;;/h5-21,24-25,28-29H,1-4H3;;/q-4;2*+2. The predicted molar refractivity (Wildman–Crippen MR) is 199 cm³/mol. The monoisotopic (exact) mass is 875 g/mol. The van der Waals surface area contributed by atoms with Crippen molar-refractivity contribution in [1.29, 1.82) is 0 Å². The van der Waals surface area contributed by atoms with Crippen molar-refractivity contribution in [2.24, 2.45) is 0 Å². The zero-order valence-corrected chi connectivity index (χ0v) is 32.4. The van der Waals surface area contributed by atoms with E-state index in [1.165, 1.54) is 0 Å². The van der Waals surface area contributed by atoms with Crippen LogP contribution in [0.5, 0.6) is 23.0 Å². The number of rotatable bonds is 9. The van der Waals surface area contributed by atoms with Crippen LogP contribution in [0, 0.1) is 24.3 Å². The van der Waals surface area contributed by atoms with Gasteiger partial charge in [0.15, 0.2) is 0 Å². The number of benzene rings is 4. The van der Waals surface area contributed by atoms with Crippen molar-refractivity contribution in [2.45, 2.75) is 39.5 Å². The average Bonchev–Trinajstić information content (AvgIpc) is 3.47. The van der Waals surface area contributed by atoms with Crippen molar-refractivity contribution in [3.63, 3.8) is 0 Å². The minimum atomic E-state index is 0. The molecule has 0 aliphatic heterocycles. The summed E-state index contributed by atoms with van der Waals surface area (Å²) in [7, 11) is 0. The van der Waals surface area contributed by atoms with E-state index in [1.54, 1.807) is 30.9 Å². The maximum absolute atomic E-state index is 6.60. The van der Waals surface area contributed by atoms with Crippen LogP contribution in [0.4, 0.5) is 0 Å². The molecule has 7 nitrogen and oxygen atoms in total. The summed E-state index contributed by atoms with van der Waals surface area (Å²) in [5.74, 6) is 3.13. The quantitative estimate of drug-likeness (QED) is 0.106. The molecule has 4 aromatic heterocycles. The van der Waals surface area contributed by atoms with Gasteiger partial charge in [0.05, 0.1) is 0 Å². The Morgan fingerprint density at radius 1 is 0.509 bits per heavy atom.